The van der Waals surface area contributed by atoms with Crippen LogP contribution < -0.4 is 0 Å². The Morgan fingerprint density at radius 2 is 0.795 bits per heavy atom. The van der Waals surface area contributed by atoms with E-state index in [0.717, 1.165) is 61.5 Å². The van der Waals surface area contributed by atoms with Crippen molar-refractivity contribution in [1.82, 2.24) is 29.5 Å². The molecule has 0 saturated carbocycles. The van der Waals surface area contributed by atoms with Crippen molar-refractivity contribution in [2.75, 3.05) is 0 Å². The van der Waals surface area contributed by atoms with Gasteiger partial charge in [-0.2, -0.15) is 0 Å². The van der Waals surface area contributed by atoms with Crippen LogP contribution in [0.1, 0.15) is 105 Å². The highest BCUT2D eigenvalue weighted by molar-refractivity contribution is 7.26. The lowest BCUT2D eigenvalue weighted by atomic mass is 9.79. The van der Waals surface area contributed by atoms with Crippen molar-refractivity contribution in [2.45, 2.75) is 105 Å². The van der Waals surface area contributed by atoms with Crippen LogP contribution in [0.25, 0.3) is 116 Å². The predicted octanol–water partition coefficient (Wildman–Crippen LogP) is 19.3. The van der Waals surface area contributed by atoms with E-state index in [1.54, 1.807) is 0 Å². The summed E-state index contributed by atoms with van der Waals surface area (Å²) in [6.07, 6.45) is 0. The number of fused-ring (bicyclic) bond motifs is 7. The summed E-state index contributed by atoms with van der Waals surface area (Å²) in [5.74, 6) is 2.39. The molecule has 0 radical (unpaired) electrons. The number of nitrogens with zero attached hydrogens (tertiary/aromatic N) is 6. The van der Waals surface area contributed by atoms with E-state index in [1.807, 2.05) is 23.5 Å². The van der Waals surface area contributed by atoms with Gasteiger partial charge in [-0.3, -0.25) is 0 Å². The van der Waals surface area contributed by atoms with Crippen molar-refractivity contribution in [1.29, 1.82) is 0 Å². The minimum absolute atomic E-state index is 0.137. The molecule has 0 bridgehead atoms. The Bertz CT molecular complexity index is 4070. The van der Waals surface area contributed by atoms with Gasteiger partial charge in [0, 0.05) is 64.3 Å². The highest BCUT2D eigenvalue weighted by Gasteiger charge is 2.28. The number of benzene rings is 8. The van der Waals surface area contributed by atoms with Crippen LogP contribution in [0.4, 0.5) is 0 Å². The number of rotatable bonds is 7. The van der Waals surface area contributed by atoms with Gasteiger partial charge in [-0.15, -0.1) is 11.3 Å². The van der Waals surface area contributed by atoms with Crippen LogP contribution in [0.3, 0.4) is 0 Å². The molecule has 0 atom stereocenters. The summed E-state index contributed by atoms with van der Waals surface area (Å²) in [6, 6.07) is 65.5. The Morgan fingerprint density at radius 3 is 1.32 bits per heavy atom. The minimum atomic E-state index is -0.137. The Kier molecular flexibility index (Phi) is 12.2. The van der Waals surface area contributed by atoms with Crippen molar-refractivity contribution in [3.8, 4) is 73.8 Å². The molecule has 0 aliphatic heterocycles. The first-order valence-corrected chi connectivity index (χ1v) is 28.0. The molecule has 78 heavy (non-hydrogen) atoms. The van der Waals surface area contributed by atoms with Crippen LogP contribution in [-0.4, -0.2) is 29.5 Å². The van der Waals surface area contributed by atoms with Gasteiger partial charge in [-0.25, -0.2) is 24.9 Å². The number of aromatic nitrogens is 6. The molecule has 6 nitrogen and oxygen atoms in total. The van der Waals surface area contributed by atoms with Crippen molar-refractivity contribution in [3.05, 3.63) is 204 Å². The number of para-hydroxylation sites is 1. The molecule has 386 valence electrons. The molecule has 0 unspecified atom stereocenters. The summed E-state index contributed by atoms with van der Waals surface area (Å²) >= 11 is 1.86. The molecule has 0 fully saturated rings. The van der Waals surface area contributed by atoms with E-state index < -0.39 is 0 Å². The highest BCUT2D eigenvalue weighted by Crippen LogP contribution is 2.46. The van der Waals surface area contributed by atoms with E-state index in [2.05, 4.69) is 258 Å². The second kappa shape index (κ2) is 18.8. The normalized spacial score (nSPS) is 12.6. The molecule has 8 aromatic carbocycles. The van der Waals surface area contributed by atoms with Crippen LogP contribution in [0.15, 0.2) is 182 Å². The third kappa shape index (κ3) is 9.38. The maximum absolute atomic E-state index is 5.69. The largest absolute Gasteiger partial charge is 0.308 e. The fraction of sp³-hybridized carbons (Fsp3) is 0.225. The molecule has 0 saturated heterocycles. The summed E-state index contributed by atoms with van der Waals surface area (Å²) in [7, 11) is 0. The lowest BCUT2D eigenvalue weighted by Gasteiger charge is -2.26. The highest BCUT2D eigenvalue weighted by atomic mass is 32.1. The van der Waals surface area contributed by atoms with Gasteiger partial charge in [0.25, 0.3) is 0 Å². The number of hydrogen-bond acceptors (Lipinski definition) is 6. The monoisotopic (exact) mass is 1030 g/mol. The van der Waals surface area contributed by atoms with Crippen LogP contribution in [-0.2, 0) is 21.7 Å². The molecule has 0 N–H and O–H groups in total. The zero-order chi connectivity index (χ0) is 54.5. The molecule has 12 rings (SSSR count). The predicted molar refractivity (Wildman–Crippen MR) is 330 cm³/mol. The summed E-state index contributed by atoms with van der Waals surface area (Å²) in [6.45, 7) is 27.4. The molecule has 0 aliphatic rings. The number of hydrogen-bond donors (Lipinski definition) is 0. The molecule has 7 heteroatoms. The zero-order valence-electron chi connectivity index (χ0n) is 46.9. The van der Waals surface area contributed by atoms with Gasteiger partial charge in [0.2, 0.25) is 0 Å². The van der Waals surface area contributed by atoms with E-state index in [9.17, 15) is 0 Å². The SMILES string of the molecule is CC(C)(C)c1cc(-c2nc(-c3cc(C(C)(C)C)cc(C(C)(C)C)c3)nc(-c3cc(-c4nc(-c5ccccc5)cc(-c5ccccc5)n4)ccc3-n3c4ccccc4c4c5sc6ccccc6c5ccc43)n2)cc(C(C)(C)C)c1. The van der Waals surface area contributed by atoms with Gasteiger partial charge >= 0.3 is 0 Å². The Morgan fingerprint density at radius 1 is 0.333 bits per heavy atom. The lowest BCUT2D eigenvalue weighted by molar-refractivity contribution is 0.568. The van der Waals surface area contributed by atoms with Crippen LogP contribution in [0.5, 0.6) is 0 Å². The van der Waals surface area contributed by atoms with Crippen molar-refractivity contribution in [2.24, 2.45) is 0 Å². The second-order valence-electron chi connectivity index (χ2n) is 25.1. The molecule has 4 heterocycles. The second-order valence-corrected chi connectivity index (χ2v) is 26.2. The Labute approximate surface area is 463 Å². The van der Waals surface area contributed by atoms with Gasteiger partial charge in [0.15, 0.2) is 23.3 Å². The van der Waals surface area contributed by atoms with Gasteiger partial charge in [-0.1, -0.05) is 198 Å². The Balaban J connectivity index is 1.20. The molecule has 12 aromatic rings. The molecular weight excluding hydrogens is 969 g/mol. The average Bonchev–Trinajstić information content (AvgIpc) is 4.17. The first-order chi connectivity index (χ1) is 37.2. The lowest BCUT2D eigenvalue weighted by Crippen LogP contribution is -2.17. The van der Waals surface area contributed by atoms with Gasteiger partial charge in [0.05, 0.1) is 28.1 Å². The first-order valence-electron chi connectivity index (χ1n) is 27.2. The third-order valence-corrected chi connectivity index (χ3v) is 16.5. The van der Waals surface area contributed by atoms with Crippen LogP contribution in [0, 0.1) is 0 Å². The number of thiophene rings is 1. The molecular formula is C71H66N6S. The summed E-state index contributed by atoms with van der Waals surface area (Å²) < 4.78 is 4.96. The van der Waals surface area contributed by atoms with Crippen LogP contribution >= 0.6 is 11.3 Å². The van der Waals surface area contributed by atoms with Gasteiger partial charge in [-0.05, 0) is 111 Å². The van der Waals surface area contributed by atoms with Gasteiger partial charge in [0.1, 0.15) is 0 Å². The van der Waals surface area contributed by atoms with Crippen molar-refractivity contribution >= 4 is 53.3 Å². The Hall–Kier alpha value is -8.13. The summed E-state index contributed by atoms with van der Waals surface area (Å²) in [5.41, 5.74) is 14.8. The van der Waals surface area contributed by atoms with Crippen LogP contribution in [0.2, 0.25) is 0 Å². The first kappa shape index (κ1) is 50.7. The molecule has 4 aromatic heterocycles. The van der Waals surface area contributed by atoms with Gasteiger partial charge < -0.3 is 4.57 Å². The van der Waals surface area contributed by atoms with E-state index >= 15 is 0 Å². The minimum Gasteiger partial charge on any atom is -0.308 e. The molecule has 0 spiro atoms. The van der Waals surface area contributed by atoms with Crippen molar-refractivity contribution in [3.63, 3.8) is 0 Å². The average molecular weight is 1040 g/mol. The van der Waals surface area contributed by atoms with E-state index in [4.69, 9.17) is 24.9 Å². The maximum Gasteiger partial charge on any atom is 0.166 e. The molecule has 0 amide bonds. The van der Waals surface area contributed by atoms with E-state index in [-0.39, 0.29) is 21.7 Å². The fourth-order valence-corrected chi connectivity index (χ4v) is 11.9. The van der Waals surface area contributed by atoms with Crippen molar-refractivity contribution < 1.29 is 0 Å². The maximum atomic E-state index is 5.69. The zero-order valence-corrected chi connectivity index (χ0v) is 47.7. The standard InChI is InChI=1S/C71H66N6S/c1-68(2,3)48-35-46(36-49(40-48)69(4,5)6)65-74-66(47-37-50(70(7,8)9)41-51(38-47)71(10,11)12)76-67(75-65)55-39-45(64-72-56(43-23-15-13-16-24-43)42-57(73-64)44-25-17-14-18-26-44)31-33-59(55)77-58-29-21-19-28-54(58)62-60(77)34-32-53-52-27-20-22-30-61(52)78-63(53)62/h13-42H,1-12H3. The summed E-state index contributed by atoms with van der Waals surface area (Å²) in [5, 5.41) is 4.95. The summed E-state index contributed by atoms with van der Waals surface area (Å²) in [4.78, 5) is 27.7. The third-order valence-electron chi connectivity index (χ3n) is 15.3. The topological polar surface area (TPSA) is 69.4 Å². The molecule has 0 aliphatic carbocycles. The fourth-order valence-electron chi connectivity index (χ4n) is 10.6. The smallest absolute Gasteiger partial charge is 0.166 e. The van der Waals surface area contributed by atoms with E-state index in [1.165, 1.54) is 53.2 Å². The quantitative estimate of drug-likeness (QED) is 0.159. The van der Waals surface area contributed by atoms with E-state index in [0.29, 0.717) is 23.3 Å².